The number of nitrogens with zero attached hydrogens (tertiary/aromatic N) is 4. The molecule has 5 heteroatoms. The van der Waals surface area contributed by atoms with Crippen LogP contribution in [-0.4, -0.2) is 25.3 Å². The first-order chi connectivity index (χ1) is 16.5. The maximum Gasteiger partial charge on any atom is 0.161 e. The topological polar surface area (TPSA) is 60.7 Å². The predicted octanol–water partition coefficient (Wildman–Crippen LogP) is 4.16. The van der Waals surface area contributed by atoms with Gasteiger partial charge in [-0.2, -0.15) is 0 Å². The summed E-state index contributed by atoms with van der Waals surface area (Å²) >= 11 is 0. The summed E-state index contributed by atoms with van der Waals surface area (Å²) in [7, 11) is 1.90. The number of rotatable bonds is 5. The number of carbonyl (C=O) groups excluding carboxylic acids is 1. The number of allylic oxidation sites excluding steroid dienone is 1. The largest absolute Gasteiger partial charge is 0.331 e. The summed E-state index contributed by atoms with van der Waals surface area (Å²) in [5.74, 6) is 0.0845. The van der Waals surface area contributed by atoms with Crippen LogP contribution in [0.25, 0.3) is 28.2 Å². The number of carbonyl (C=O) groups is 1. The highest BCUT2D eigenvalue weighted by atomic mass is 16.1. The van der Waals surface area contributed by atoms with Crippen molar-refractivity contribution in [1.29, 1.82) is 0 Å². The molecule has 0 saturated heterocycles. The fourth-order valence-corrected chi connectivity index (χ4v) is 2.74. The van der Waals surface area contributed by atoms with Crippen molar-refractivity contribution in [2.45, 2.75) is 13.3 Å². The van der Waals surface area contributed by atoms with Crippen LogP contribution in [0, 0.1) is 6.92 Å². The smallest absolute Gasteiger partial charge is 0.161 e. The van der Waals surface area contributed by atoms with Gasteiger partial charge >= 0.3 is 0 Å². The lowest BCUT2D eigenvalue weighted by atomic mass is 10.1. The van der Waals surface area contributed by atoms with Gasteiger partial charge in [0.15, 0.2) is 5.78 Å². The Hall–Kier alpha value is -3.60. The molecular weight excluding hydrogens is 348 g/mol. The first-order valence-electron chi connectivity index (χ1n) is 12.0. The van der Waals surface area contributed by atoms with Gasteiger partial charge in [0, 0.05) is 29.9 Å². The molecule has 0 N–H and O–H groups in total. The Morgan fingerprint density at radius 2 is 1.96 bits per heavy atom. The molecule has 0 aliphatic rings. The number of ketones is 1. The number of hydrogen-bond acceptors (Lipinski definition) is 4. The number of imidazole rings is 1. The van der Waals surface area contributed by atoms with Crippen LogP contribution in [0.5, 0.6) is 0 Å². The number of hydrogen-bond donors (Lipinski definition) is 0. The van der Waals surface area contributed by atoms with Gasteiger partial charge in [-0.05, 0) is 30.7 Å². The average molecular weight is 375 g/mol. The highest BCUT2D eigenvalue weighted by Crippen LogP contribution is 2.23. The number of fused-ring (bicyclic) bond motifs is 1. The summed E-state index contributed by atoms with van der Waals surface area (Å²) < 4.78 is 57.4. The zero-order valence-corrected chi connectivity index (χ0v) is 15.3. The van der Waals surface area contributed by atoms with Crippen LogP contribution in [0.2, 0.25) is 0 Å². The highest BCUT2D eigenvalue weighted by molar-refractivity contribution is 5.95. The SMILES string of the molecule is [2H]/C(C(=O)Cc1cc2cc(-c3cnc(C)n3C)cnc2cn1)=C(/[2H])c1c([2H])c([2H])c([2H])c([2H])c1[2H]. The van der Waals surface area contributed by atoms with Gasteiger partial charge in [0.05, 0.1) is 39.6 Å². The quantitative estimate of drug-likeness (QED) is 0.491. The Labute approximate surface area is 173 Å². The molecular formula is C23H20N4O. The van der Waals surface area contributed by atoms with Gasteiger partial charge in [-0.1, -0.05) is 36.3 Å². The molecule has 0 saturated carbocycles. The second-order valence-electron chi connectivity index (χ2n) is 6.19. The molecule has 0 radical (unpaired) electrons. The number of aryl methyl sites for hydroxylation is 1. The van der Waals surface area contributed by atoms with Gasteiger partial charge < -0.3 is 4.57 Å². The standard InChI is InChI=1S/C23H20N4O/c1-16-24-15-23(27(16)2)19-10-18-11-20(25-14-22(18)26-13-19)12-21(28)9-8-17-6-4-3-5-7-17/h3-11,13-15H,12H2,1-2H3/b9-8+/i3D,4D,5D,6D,7D,8D,9D. The van der Waals surface area contributed by atoms with Crippen molar-refractivity contribution in [2.75, 3.05) is 0 Å². The van der Waals surface area contributed by atoms with Crippen molar-refractivity contribution in [2.24, 2.45) is 7.05 Å². The van der Waals surface area contributed by atoms with E-state index in [1.165, 1.54) is 6.20 Å². The van der Waals surface area contributed by atoms with Gasteiger partial charge in [-0.25, -0.2) is 4.98 Å². The third kappa shape index (κ3) is 3.74. The third-order valence-corrected chi connectivity index (χ3v) is 4.31. The molecule has 0 bridgehead atoms. The van der Waals surface area contributed by atoms with Crippen molar-refractivity contribution in [1.82, 2.24) is 19.5 Å². The third-order valence-electron chi connectivity index (χ3n) is 4.31. The predicted molar refractivity (Wildman–Crippen MR) is 111 cm³/mol. The average Bonchev–Trinajstić information content (AvgIpc) is 3.18. The van der Waals surface area contributed by atoms with Crippen molar-refractivity contribution in [3.05, 3.63) is 84.1 Å². The van der Waals surface area contributed by atoms with Crippen LogP contribution in [0.4, 0.5) is 0 Å². The monoisotopic (exact) mass is 375 g/mol. The maximum atomic E-state index is 12.8. The lowest BCUT2D eigenvalue weighted by Crippen LogP contribution is -2.01. The van der Waals surface area contributed by atoms with Crippen LogP contribution in [0.15, 0.2) is 67.0 Å². The maximum absolute atomic E-state index is 12.8. The zero-order chi connectivity index (χ0) is 25.6. The van der Waals surface area contributed by atoms with Crippen LogP contribution >= 0.6 is 0 Å². The molecule has 28 heavy (non-hydrogen) atoms. The summed E-state index contributed by atoms with van der Waals surface area (Å²) in [5, 5.41) is 0.728. The van der Waals surface area contributed by atoms with Crippen LogP contribution < -0.4 is 0 Å². The van der Waals surface area contributed by atoms with E-state index in [-0.39, 0.29) is 6.42 Å². The number of pyridine rings is 2. The first kappa shape index (κ1) is 11.3. The minimum absolute atomic E-state index is 0.301. The summed E-state index contributed by atoms with van der Waals surface area (Å²) in [5.41, 5.74) is 2.19. The van der Waals surface area contributed by atoms with E-state index in [0.717, 1.165) is 22.5 Å². The highest BCUT2D eigenvalue weighted by Gasteiger charge is 2.09. The van der Waals surface area contributed by atoms with Crippen molar-refractivity contribution in [3.8, 4) is 11.3 Å². The normalized spacial score (nSPS) is 15.6. The van der Waals surface area contributed by atoms with E-state index < -0.39 is 53.7 Å². The summed E-state index contributed by atoms with van der Waals surface area (Å²) in [6.07, 6.45) is 4.67. The van der Waals surface area contributed by atoms with Crippen LogP contribution in [-0.2, 0) is 18.3 Å². The molecule has 4 rings (SSSR count). The van der Waals surface area contributed by atoms with Crippen LogP contribution in [0.3, 0.4) is 0 Å². The molecule has 0 aliphatic carbocycles. The Morgan fingerprint density at radius 1 is 1.14 bits per heavy atom. The minimum Gasteiger partial charge on any atom is -0.331 e. The van der Waals surface area contributed by atoms with Crippen molar-refractivity contribution < 1.29 is 14.4 Å². The summed E-state index contributed by atoms with van der Waals surface area (Å²) in [6.45, 7) is 1.89. The van der Waals surface area contributed by atoms with E-state index >= 15 is 0 Å². The molecule has 0 spiro atoms. The molecule has 4 aromatic rings. The first-order valence-corrected chi connectivity index (χ1v) is 8.52. The Bertz CT molecular complexity index is 1520. The summed E-state index contributed by atoms with van der Waals surface area (Å²) in [4.78, 5) is 25.7. The van der Waals surface area contributed by atoms with Gasteiger partial charge in [-0.15, -0.1) is 0 Å². The molecule has 0 unspecified atom stereocenters. The molecule has 138 valence electrons. The van der Waals surface area contributed by atoms with Gasteiger partial charge in [0.2, 0.25) is 0 Å². The zero-order valence-electron chi connectivity index (χ0n) is 22.3. The second-order valence-corrected chi connectivity index (χ2v) is 6.19. The molecule has 0 amide bonds. The fourth-order valence-electron chi connectivity index (χ4n) is 2.74. The Morgan fingerprint density at radius 3 is 2.71 bits per heavy atom. The molecule has 3 aromatic heterocycles. The molecule has 5 nitrogen and oxygen atoms in total. The van der Waals surface area contributed by atoms with Crippen molar-refractivity contribution >= 4 is 22.7 Å². The van der Waals surface area contributed by atoms with E-state index in [1.807, 2.05) is 24.6 Å². The van der Waals surface area contributed by atoms with Gasteiger partial charge in [0.25, 0.3) is 0 Å². The molecule has 1 aromatic carbocycles. The fraction of sp³-hybridized carbons (Fsp3) is 0.130. The molecule has 0 atom stereocenters. The van der Waals surface area contributed by atoms with Crippen molar-refractivity contribution in [3.63, 3.8) is 0 Å². The lowest BCUT2D eigenvalue weighted by molar-refractivity contribution is -0.114. The Kier molecular flexibility index (Phi) is 3.05. The summed E-state index contributed by atoms with van der Waals surface area (Å²) in [6, 6.07) is -1.06. The van der Waals surface area contributed by atoms with E-state index in [2.05, 4.69) is 15.0 Å². The molecule has 3 heterocycles. The van der Waals surface area contributed by atoms with E-state index in [4.69, 9.17) is 9.60 Å². The van der Waals surface area contributed by atoms with E-state index in [9.17, 15) is 4.79 Å². The van der Waals surface area contributed by atoms with Gasteiger partial charge in [-0.3, -0.25) is 14.8 Å². The van der Waals surface area contributed by atoms with E-state index in [1.54, 1.807) is 18.5 Å². The van der Waals surface area contributed by atoms with Crippen LogP contribution in [0.1, 0.15) is 26.7 Å². The lowest BCUT2D eigenvalue weighted by Gasteiger charge is -2.06. The minimum atomic E-state index is -0.764. The second kappa shape index (κ2) is 7.56. The van der Waals surface area contributed by atoms with E-state index in [0.29, 0.717) is 11.2 Å². The Balaban J connectivity index is 1.68. The molecule has 0 fully saturated rings. The number of aromatic nitrogens is 4. The molecule has 0 aliphatic heterocycles. The number of benzene rings is 1. The van der Waals surface area contributed by atoms with Gasteiger partial charge in [0.1, 0.15) is 5.82 Å².